The maximum absolute atomic E-state index is 11.7. The lowest BCUT2D eigenvalue weighted by Crippen LogP contribution is -2.15. The molecule has 1 amide bonds. The van der Waals surface area contributed by atoms with E-state index in [1.165, 1.54) is 12.3 Å². The molecule has 0 fully saturated rings. The highest BCUT2D eigenvalue weighted by molar-refractivity contribution is 6.30. The molecule has 2 N–H and O–H groups in total. The number of carbonyl (C=O) groups excluding carboxylic acids is 1. The van der Waals surface area contributed by atoms with Crippen LogP contribution in [-0.4, -0.2) is 16.0 Å². The van der Waals surface area contributed by atoms with Gasteiger partial charge in [-0.2, -0.15) is 0 Å². The molecule has 2 aromatic heterocycles. The van der Waals surface area contributed by atoms with Gasteiger partial charge in [-0.05, 0) is 13.0 Å². The Bertz CT molecular complexity index is 617. The standard InChI is InChI=1S/C10H8ClN3O3/c1-5-2-8(14-17-5)13-9(15)6-3-7(11)10(16)12-4-6/h2-4H,1H3,(H,12,16)(H,13,14,15). The molecule has 2 aromatic rings. The molecule has 0 spiro atoms. The molecule has 0 unspecified atom stereocenters. The zero-order valence-corrected chi connectivity index (χ0v) is 9.54. The van der Waals surface area contributed by atoms with Gasteiger partial charge in [-0.3, -0.25) is 9.59 Å². The predicted octanol–water partition coefficient (Wildman–Crippen LogP) is 1.58. The third kappa shape index (κ3) is 2.54. The molecular formula is C10H8ClN3O3. The van der Waals surface area contributed by atoms with Gasteiger partial charge < -0.3 is 14.8 Å². The lowest BCUT2D eigenvalue weighted by molar-refractivity contribution is 0.102. The average molecular weight is 254 g/mol. The van der Waals surface area contributed by atoms with E-state index in [0.717, 1.165) is 0 Å². The van der Waals surface area contributed by atoms with Crippen LogP contribution < -0.4 is 10.9 Å². The number of rotatable bonds is 2. The number of aromatic nitrogens is 2. The van der Waals surface area contributed by atoms with Crippen molar-refractivity contribution in [2.24, 2.45) is 0 Å². The number of hydrogen-bond donors (Lipinski definition) is 2. The van der Waals surface area contributed by atoms with Crippen molar-refractivity contribution in [3.8, 4) is 0 Å². The smallest absolute Gasteiger partial charge is 0.266 e. The minimum absolute atomic E-state index is 0.0472. The summed E-state index contributed by atoms with van der Waals surface area (Å²) in [4.78, 5) is 25.1. The molecule has 0 bridgehead atoms. The first-order valence-electron chi connectivity index (χ1n) is 4.69. The number of nitrogens with zero attached hydrogens (tertiary/aromatic N) is 1. The molecule has 0 aliphatic heterocycles. The van der Waals surface area contributed by atoms with Crippen LogP contribution in [0.4, 0.5) is 5.82 Å². The topological polar surface area (TPSA) is 88.0 Å². The van der Waals surface area contributed by atoms with E-state index in [0.29, 0.717) is 11.6 Å². The van der Waals surface area contributed by atoms with Crippen molar-refractivity contribution in [2.75, 3.05) is 5.32 Å². The molecule has 7 heteroatoms. The SMILES string of the molecule is Cc1cc(NC(=O)c2c[nH]c(=O)c(Cl)c2)no1. The highest BCUT2D eigenvalue weighted by atomic mass is 35.5. The number of aromatic amines is 1. The quantitative estimate of drug-likeness (QED) is 0.850. The maximum Gasteiger partial charge on any atom is 0.266 e. The van der Waals surface area contributed by atoms with Crippen molar-refractivity contribution in [3.05, 3.63) is 45.0 Å². The summed E-state index contributed by atoms with van der Waals surface area (Å²) in [6.45, 7) is 1.71. The predicted molar refractivity (Wildman–Crippen MR) is 61.3 cm³/mol. The van der Waals surface area contributed by atoms with E-state index in [1.54, 1.807) is 13.0 Å². The molecule has 0 aromatic carbocycles. The monoisotopic (exact) mass is 253 g/mol. The first kappa shape index (κ1) is 11.4. The molecule has 0 saturated heterocycles. The van der Waals surface area contributed by atoms with Crippen LogP contribution in [0.5, 0.6) is 0 Å². The van der Waals surface area contributed by atoms with Gasteiger partial charge >= 0.3 is 0 Å². The first-order chi connectivity index (χ1) is 8.06. The van der Waals surface area contributed by atoms with Crippen molar-refractivity contribution in [1.82, 2.24) is 10.1 Å². The van der Waals surface area contributed by atoms with Gasteiger partial charge in [0.05, 0.1) is 5.56 Å². The molecule has 2 heterocycles. The number of anilines is 1. The van der Waals surface area contributed by atoms with Crippen LogP contribution in [0.1, 0.15) is 16.1 Å². The van der Waals surface area contributed by atoms with E-state index in [2.05, 4.69) is 15.5 Å². The molecule has 17 heavy (non-hydrogen) atoms. The Balaban J connectivity index is 2.20. The van der Waals surface area contributed by atoms with Crippen molar-refractivity contribution in [1.29, 1.82) is 0 Å². The summed E-state index contributed by atoms with van der Waals surface area (Å²) in [5, 5.41) is 6.06. The van der Waals surface area contributed by atoms with Gasteiger partial charge in [0, 0.05) is 12.3 Å². The second kappa shape index (κ2) is 4.42. The van der Waals surface area contributed by atoms with Gasteiger partial charge in [-0.15, -0.1) is 0 Å². The van der Waals surface area contributed by atoms with E-state index in [1.807, 2.05) is 0 Å². The summed E-state index contributed by atoms with van der Waals surface area (Å²) >= 11 is 5.61. The molecule has 2 rings (SSSR count). The van der Waals surface area contributed by atoms with Gasteiger partial charge in [0.2, 0.25) is 0 Å². The molecule has 6 nitrogen and oxygen atoms in total. The lowest BCUT2D eigenvalue weighted by Gasteiger charge is -2.00. The van der Waals surface area contributed by atoms with E-state index >= 15 is 0 Å². The summed E-state index contributed by atoms with van der Waals surface area (Å²) in [6.07, 6.45) is 1.27. The highest BCUT2D eigenvalue weighted by Gasteiger charge is 2.10. The maximum atomic E-state index is 11.7. The molecule has 0 atom stereocenters. The fraction of sp³-hybridized carbons (Fsp3) is 0.100. The van der Waals surface area contributed by atoms with Crippen LogP contribution in [0.2, 0.25) is 5.02 Å². The van der Waals surface area contributed by atoms with Crippen molar-refractivity contribution >= 4 is 23.3 Å². The second-order valence-corrected chi connectivity index (χ2v) is 3.75. The van der Waals surface area contributed by atoms with Gasteiger partial charge in [-0.25, -0.2) is 0 Å². The van der Waals surface area contributed by atoms with E-state index in [4.69, 9.17) is 16.1 Å². The number of carbonyl (C=O) groups is 1. The zero-order valence-electron chi connectivity index (χ0n) is 8.78. The number of pyridine rings is 1. The largest absolute Gasteiger partial charge is 0.360 e. The number of nitrogens with one attached hydrogen (secondary N) is 2. The average Bonchev–Trinajstić information content (AvgIpc) is 2.68. The van der Waals surface area contributed by atoms with Crippen LogP contribution in [0, 0.1) is 6.92 Å². The fourth-order valence-electron chi connectivity index (χ4n) is 1.20. The number of hydrogen-bond acceptors (Lipinski definition) is 4. The van der Waals surface area contributed by atoms with Crippen LogP contribution in [-0.2, 0) is 0 Å². The molecule has 88 valence electrons. The summed E-state index contributed by atoms with van der Waals surface area (Å²) in [7, 11) is 0. The summed E-state index contributed by atoms with van der Waals surface area (Å²) in [5.74, 6) is 0.450. The van der Waals surface area contributed by atoms with Gasteiger partial charge in [0.25, 0.3) is 11.5 Å². The van der Waals surface area contributed by atoms with Crippen LogP contribution in [0.25, 0.3) is 0 Å². The minimum atomic E-state index is -0.444. The fourth-order valence-corrected chi connectivity index (χ4v) is 1.37. The van der Waals surface area contributed by atoms with Gasteiger partial charge in [-0.1, -0.05) is 16.8 Å². The van der Waals surface area contributed by atoms with Gasteiger partial charge in [0.15, 0.2) is 5.82 Å². The Kier molecular flexibility index (Phi) is 2.97. The first-order valence-corrected chi connectivity index (χ1v) is 5.07. The minimum Gasteiger partial charge on any atom is -0.360 e. The Morgan fingerprint density at radius 3 is 2.88 bits per heavy atom. The van der Waals surface area contributed by atoms with Crippen molar-refractivity contribution < 1.29 is 9.32 Å². The second-order valence-electron chi connectivity index (χ2n) is 3.34. The molecular weight excluding hydrogens is 246 g/mol. The summed E-state index contributed by atoms with van der Waals surface area (Å²) < 4.78 is 4.80. The van der Waals surface area contributed by atoms with Crippen LogP contribution in [0.3, 0.4) is 0 Å². The Labute approximate surface area is 101 Å². The van der Waals surface area contributed by atoms with Crippen LogP contribution in [0.15, 0.2) is 27.6 Å². The number of aryl methyl sites for hydroxylation is 1. The number of halogens is 1. The lowest BCUT2D eigenvalue weighted by atomic mass is 10.2. The van der Waals surface area contributed by atoms with E-state index in [9.17, 15) is 9.59 Å². The van der Waals surface area contributed by atoms with Crippen molar-refractivity contribution in [3.63, 3.8) is 0 Å². The molecule has 0 radical (unpaired) electrons. The third-order valence-electron chi connectivity index (χ3n) is 1.99. The Morgan fingerprint density at radius 1 is 1.53 bits per heavy atom. The Morgan fingerprint density at radius 2 is 2.29 bits per heavy atom. The van der Waals surface area contributed by atoms with E-state index < -0.39 is 11.5 Å². The van der Waals surface area contributed by atoms with Crippen molar-refractivity contribution in [2.45, 2.75) is 6.92 Å². The van der Waals surface area contributed by atoms with E-state index in [-0.39, 0.29) is 10.6 Å². The number of H-pyrrole nitrogens is 1. The summed E-state index contributed by atoms with van der Waals surface area (Å²) in [5.41, 5.74) is -0.212. The van der Waals surface area contributed by atoms with Gasteiger partial charge in [0.1, 0.15) is 10.8 Å². The Hall–Kier alpha value is -2.08. The highest BCUT2D eigenvalue weighted by Crippen LogP contribution is 2.10. The van der Waals surface area contributed by atoms with Crippen LogP contribution >= 0.6 is 11.6 Å². The summed E-state index contributed by atoms with van der Waals surface area (Å²) in [6, 6.07) is 2.86. The number of amides is 1. The molecule has 0 saturated carbocycles. The zero-order chi connectivity index (χ0) is 12.4. The third-order valence-corrected chi connectivity index (χ3v) is 2.27. The molecule has 0 aliphatic rings. The normalized spacial score (nSPS) is 10.2. The molecule has 0 aliphatic carbocycles.